The third-order valence-corrected chi connectivity index (χ3v) is 6.03. The molecule has 19 heavy (non-hydrogen) atoms. The van der Waals surface area contributed by atoms with E-state index in [4.69, 9.17) is 9.52 Å². The van der Waals surface area contributed by atoms with Crippen molar-refractivity contribution in [3.8, 4) is 0 Å². The summed E-state index contributed by atoms with van der Waals surface area (Å²) >= 11 is 0. The maximum Gasteiger partial charge on any atom is 0.371 e. The minimum absolute atomic E-state index is 0.136. The number of rotatable bonds is 4. The second-order valence-electron chi connectivity index (χ2n) is 4.96. The zero-order chi connectivity index (χ0) is 14.0. The Morgan fingerprint density at radius 3 is 2.63 bits per heavy atom. The van der Waals surface area contributed by atoms with Crippen LogP contribution in [0.2, 0.25) is 0 Å². The van der Waals surface area contributed by atoms with Crippen molar-refractivity contribution >= 4 is 15.8 Å². The van der Waals surface area contributed by atoms with E-state index in [2.05, 4.69) is 0 Å². The van der Waals surface area contributed by atoms with E-state index >= 15 is 0 Å². The van der Waals surface area contributed by atoms with Gasteiger partial charge in [0.25, 0.3) is 0 Å². The molecule has 2 rings (SSSR count). The first-order valence-corrected chi connectivity index (χ1v) is 8.08. The van der Waals surface area contributed by atoms with E-state index in [0.29, 0.717) is 6.42 Å². The molecule has 2 atom stereocenters. The number of aromatic carboxylic acids is 1. The van der Waals surface area contributed by atoms with Gasteiger partial charge in [0.1, 0.15) is 0 Å². The lowest BCUT2D eigenvalue weighted by molar-refractivity contribution is 0.0656. The summed E-state index contributed by atoms with van der Waals surface area (Å²) in [5, 5.41) is 8.13. The molecule has 5 nitrogen and oxygen atoms in total. The predicted molar refractivity (Wildman–Crippen MR) is 68.9 cm³/mol. The molecule has 0 saturated heterocycles. The van der Waals surface area contributed by atoms with Crippen molar-refractivity contribution in [3.05, 3.63) is 17.9 Å². The number of hydrogen-bond acceptors (Lipinski definition) is 4. The Hall–Kier alpha value is -1.30. The Balaban J connectivity index is 2.32. The van der Waals surface area contributed by atoms with Crippen molar-refractivity contribution in [2.24, 2.45) is 5.92 Å². The lowest BCUT2D eigenvalue weighted by Crippen LogP contribution is -2.32. The fourth-order valence-corrected chi connectivity index (χ4v) is 4.86. The highest BCUT2D eigenvalue weighted by atomic mass is 32.2. The van der Waals surface area contributed by atoms with Gasteiger partial charge < -0.3 is 9.52 Å². The standard InChI is InChI=1S/C13H18O5S/c1-2-9-5-3-4-6-11(9)19(16,17)12-8-7-10(18-12)13(14)15/h7-9,11H,2-6H2,1H3,(H,14,15). The fourth-order valence-electron chi connectivity index (χ4n) is 2.79. The first-order chi connectivity index (χ1) is 8.96. The summed E-state index contributed by atoms with van der Waals surface area (Å²) in [5.41, 5.74) is 0. The fraction of sp³-hybridized carbons (Fsp3) is 0.615. The molecule has 1 aromatic heterocycles. The van der Waals surface area contributed by atoms with Crippen molar-refractivity contribution in [1.29, 1.82) is 0 Å². The molecule has 0 spiro atoms. The number of furan rings is 1. The van der Waals surface area contributed by atoms with Crippen LogP contribution in [0.15, 0.2) is 21.6 Å². The molecular formula is C13H18O5S. The molecule has 1 aliphatic carbocycles. The number of carbonyl (C=O) groups is 1. The second kappa shape index (κ2) is 5.36. The van der Waals surface area contributed by atoms with Crippen LogP contribution in [-0.4, -0.2) is 24.7 Å². The van der Waals surface area contributed by atoms with Crippen molar-refractivity contribution < 1.29 is 22.7 Å². The van der Waals surface area contributed by atoms with Crippen molar-refractivity contribution in [3.63, 3.8) is 0 Å². The highest BCUT2D eigenvalue weighted by Crippen LogP contribution is 2.35. The molecule has 1 saturated carbocycles. The Morgan fingerprint density at radius 2 is 2.05 bits per heavy atom. The number of carboxylic acid groups (broad SMARTS) is 1. The van der Waals surface area contributed by atoms with Gasteiger partial charge in [0.15, 0.2) is 0 Å². The Labute approximate surface area is 112 Å². The van der Waals surface area contributed by atoms with E-state index in [1.54, 1.807) is 0 Å². The van der Waals surface area contributed by atoms with Gasteiger partial charge in [-0.25, -0.2) is 13.2 Å². The molecule has 106 valence electrons. The van der Waals surface area contributed by atoms with Gasteiger partial charge in [-0.15, -0.1) is 0 Å². The summed E-state index contributed by atoms with van der Waals surface area (Å²) < 4.78 is 30.0. The summed E-state index contributed by atoms with van der Waals surface area (Å²) in [7, 11) is -3.57. The maximum absolute atomic E-state index is 12.5. The lowest BCUT2D eigenvalue weighted by atomic mass is 9.87. The Bertz CT molecular complexity index is 557. The van der Waals surface area contributed by atoms with Gasteiger partial charge >= 0.3 is 5.97 Å². The first-order valence-electron chi connectivity index (χ1n) is 6.54. The largest absolute Gasteiger partial charge is 0.475 e. The zero-order valence-electron chi connectivity index (χ0n) is 10.8. The SMILES string of the molecule is CCC1CCCCC1S(=O)(=O)c1ccc(C(=O)O)o1. The quantitative estimate of drug-likeness (QED) is 0.919. The van der Waals surface area contributed by atoms with Crippen LogP contribution in [0.25, 0.3) is 0 Å². The molecule has 0 radical (unpaired) electrons. The van der Waals surface area contributed by atoms with Crippen LogP contribution in [0.5, 0.6) is 0 Å². The summed E-state index contributed by atoms with van der Waals surface area (Å²) in [5.74, 6) is -1.45. The van der Waals surface area contributed by atoms with E-state index in [9.17, 15) is 13.2 Å². The molecule has 1 N–H and O–H groups in total. The topological polar surface area (TPSA) is 84.6 Å². The molecule has 1 aliphatic rings. The predicted octanol–water partition coefficient (Wildman–Crippen LogP) is 2.72. The van der Waals surface area contributed by atoms with Gasteiger partial charge in [-0.05, 0) is 30.9 Å². The van der Waals surface area contributed by atoms with Gasteiger partial charge in [0.2, 0.25) is 20.7 Å². The van der Waals surface area contributed by atoms with Gasteiger partial charge in [0, 0.05) is 0 Å². The lowest BCUT2D eigenvalue weighted by Gasteiger charge is -2.29. The molecule has 1 fully saturated rings. The molecule has 6 heteroatoms. The van der Waals surface area contributed by atoms with Crippen LogP contribution >= 0.6 is 0 Å². The molecule has 1 heterocycles. The van der Waals surface area contributed by atoms with Crippen molar-refractivity contribution in [1.82, 2.24) is 0 Å². The monoisotopic (exact) mass is 286 g/mol. The average molecular weight is 286 g/mol. The third-order valence-electron chi connectivity index (χ3n) is 3.83. The number of sulfone groups is 1. The van der Waals surface area contributed by atoms with Crippen molar-refractivity contribution in [2.45, 2.75) is 49.4 Å². The van der Waals surface area contributed by atoms with Crippen LogP contribution in [0.4, 0.5) is 0 Å². The molecule has 0 aromatic carbocycles. The molecule has 0 bridgehead atoms. The highest BCUT2D eigenvalue weighted by Gasteiger charge is 2.37. The smallest absolute Gasteiger partial charge is 0.371 e. The molecule has 0 aliphatic heterocycles. The maximum atomic E-state index is 12.5. The summed E-state index contributed by atoms with van der Waals surface area (Å²) in [4.78, 5) is 10.7. The highest BCUT2D eigenvalue weighted by molar-refractivity contribution is 7.91. The van der Waals surface area contributed by atoms with E-state index < -0.39 is 21.1 Å². The van der Waals surface area contributed by atoms with Crippen LogP contribution in [-0.2, 0) is 9.84 Å². The van der Waals surface area contributed by atoms with Crippen LogP contribution < -0.4 is 0 Å². The summed E-state index contributed by atoms with van der Waals surface area (Å²) in [6.07, 6.45) is 4.31. The minimum Gasteiger partial charge on any atom is -0.475 e. The number of hydrogen-bond donors (Lipinski definition) is 1. The van der Waals surface area contributed by atoms with E-state index in [-0.39, 0.29) is 16.8 Å². The Kier molecular flexibility index (Phi) is 3.99. The zero-order valence-corrected chi connectivity index (χ0v) is 11.6. The molecule has 0 amide bonds. The first kappa shape index (κ1) is 14.1. The molecular weight excluding hydrogens is 268 g/mol. The minimum atomic E-state index is -3.57. The summed E-state index contributed by atoms with van der Waals surface area (Å²) in [6, 6.07) is 2.44. The van der Waals surface area contributed by atoms with E-state index in [1.807, 2.05) is 6.92 Å². The van der Waals surface area contributed by atoms with E-state index in [0.717, 1.165) is 25.7 Å². The van der Waals surface area contributed by atoms with Crippen LogP contribution in [0.1, 0.15) is 49.6 Å². The number of carboxylic acids is 1. The molecule has 2 unspecified atom stereocenters. The second-order valence-corrected chi connectivity index (χ2v) is 7.06. The van der Waals surface area contributed by atoms with Gasteiger partial charge in [-0.2, -0.15) is 0 Å². The average Bonchev–Trinajstić information content (AvgIpc) is 2.89. The molecule has 1 aromatic rings. The van der Waals surface area contributed by atoms with Gasteiger partial charge in [-0.3, -0.25) is 0 Å². The third kappa shape index (κ3) is 2.68. The van der Waals surface area contributed by atoms with E-state index in [1.165, 1.54) is 12.1 Å². The van der Waals surface area contributed by atoms with Crippen LogP contribution in [0.3, 0.4) is 0 Å². The van der Waals surface area contributed by atoms with Gasteiger partial charge in [0.05, 0.1) is 5.25 Å². The Morgan fingerprint density at radius 1 is 1.37 bits per heavy atom. The van der Waals surface area contributed by atoms with Crippen molar-refractivity contribution in [2.75, 3.05) is 0 Å². The van der Waals surface area contributed by atoms with Gasteiger partial charge in [-0.1, -0.05) is 26.2 Å². The summed E-state index contributed by atoms with van der Waals surface area (Å²) in [6.45, 7) is 1.99. The normalized spacial score (nSPS) is 24.3. The van der Waals surface area contributed by atoms with Crippen LogP contribution in [0, 0.1) is 5.92 Å².